The fourth-order valence-electron chi connectivity index (χ4n) is 2.08. The summed E-state index contributed by atoms with van der Waals surface area (Å²) >= 11 is 8.79. The van der Waals surface area contributed by atoms with Crippen molar-refractivity contribution in [1.29, 1.82) is 0 Å². The molecule has 154 valence electrons. The molecule has 0 aliphatic rings. The van der Waals surface area contributed by atoms with Crippen LogP contribution in [0.2, 0.25) is 5.02 Å². The monoisotopic (exact) mass is 506 g/mol. The van der Waals surface area contributed by atoms with Crippen molar-refractivity contribution in [3.63, 3.8) is 0 Å². The SMILES string of the molecule is C[C@@H](NS(=O)(=O)c1cn(C)c(C(=O)Nc2ccnc(Br)c2F)c1Cl)C(F)(F)F. The Kier molecular flexibility index (Phi) is 6.43. The van der Waals surface area contributed by atoms with E-state index in [9.17, 15) is 30.8 Å². The Hall–Kier alpha value is -1.70. The van der Waals surface area contributed by atoms with Gasteiger partial charge in [0.1, 0.15) is 21.2 Å². The van der Waals surface area contributed by atoms with Crippen LogP contribution in [-0.2, 0) is 17.1 Å². The summed E-state index contributed by atoms with van der Waals surface area (Å²) in [6.07, 6.45) is -2.74. The van der Waals surface area contributed by atoms with Gasteiger partial charge in [0, 0.05) is 19.4 Å². The van der Waals surface area contributed by atoms with E-state index in [1.165, 1.54) is 18.0 Å². The molecule has 2 rings (SSSR count). The van der Waals surface area contributed by atoms with E-state index in [0.29, 0.717) is 6.92 Å². The number of hydrogen-bond acceptors (Lipinski definition) is 4. The van der Waals surface area contributed by atoms with Crippen LogP contribution in [0.3, 0.4) is 0 Å². The molecule has 2 N–H and O–H groups in total. The first-order chi connectivity index (χ1) is 12.8. The fourth-order valence-corrected chi connectivity index (χ4v) is 4.34. The molecule has 1 atom stereocenters. The van der Waals surface area contributed by atoms with Crippen molar-refractivity contribution in [1.82, 2.24) is 14.3 Å². The molecule has 14 heteroatoms. The van der Waals surface area contributed by atoms with Gasteiger partial charge in [0.2, 0.25) is 10.0 Å². The predicted molar refractivity (Wildman–Crippen MR) is 96.1 cm³/mol. The lowest BCUT2D eigenvalue weighted by Crippen LogP contribution is -2.42. The predicted octanol–water partition coefficient (Wildman–Crippen LogP) is 3.46. The second-order valence-electron chi connectivity index (χ2n) is 5.57. The van der Waals surface area contributed by atoms with Crippen LogP contribution in [0.25, 0.3) is 0 Å². The molecule has 0 saturated heterocycles. The summed E-state index contributed by atoms with van der Waals surface area (Å²) in [6, 6.07) is -1.23. The average molecular weight is 508 g/mol. The molecule has 0 aromatic carbocycles. The molecule has 28 heavy (non-hydrogen) atoms. The number of hydrogen-bond donors (Lipinski definition) is 2. The van der Waals surface area contributed by atoms with E-state index in [1.807, 2.05) is 0 Å². The Bertz CT molecular complexity index is 1030. The zero-order valence-electron chi connectivity index (χ0n) is 14.1. The van der Waals surface area contributed by atoms with Crippen LogP contribution in [0.5, 0.6) is 0 Å². The number of aryl methyl sites for hydroxylation is 1. The highest BCUT2D eigenvalue weighted by atomic mass is 79.9. The number of nitrogens with one attached hydrogen (secondary N) is 2. The van der Waals surface area contributed by atoms with Gasteiger partial charge in [-0.05, 0) is 28.9 Å². The molecule has 0 aliphatic heterocycles. The van der Waals surface area contributed by atoms with Crippen LogP contribution in [0.1, 0.15) is 17.4 Å². The van der Waals surface area contributed by atoms with Gasteiger partial charge in [-0.25, -0.2) is 17.8 Å². The van der Waals surface area contributed by atoms with Crippen molar-refractivity contribution in [2.45, 2.75) is 24.0 Å². The normalized spacial score (nSPS) is 13.4. The zero-order valence-corrected chi connectivity index (χ0v) is 17.3. The van der Waals surface area contributed by atoms with Crippen LogP contribution in [0.15, 0.2) is 28.0 Å². The summed E-state index contributed by atoms with van der Waals surface area (Å²) in [6.45, 7) is 0.617. The van der Waals surface area contributed by atoms with Crippen LogP contribution in [0, 0.1) is 5.82 Å². The molecule has 0 bridgehead atoms. The van der Waals surface area contributed by atoms with Gasteiger partial charge in [0.25, 0.3) is 5.91 Å². The molecule has 0 saturated carbocycles. The molecule has 0 radical (unpaired) electrons. The Labute approximate surface area is 170 Å². The van der Waals surface area contributed by atoms with Gasteiger partial charge in [0.15, 0.2) is 5.82 Å². The van der Waals surface area contributed by atoms with Crippen molar-refractivity contribution >= 4 is 49.1 Å². The highest BCUT2D eigenvalue weighted by Gasteiger charge is 2.40. The number of aromatic nitrogens is 2. The van der Waals surface area contributed by atoms with Crippen LogP contribution < -0.4 is 10.0 Å². The standard InChI is InChI=1S/C14H12BrClF4N4O3S/c1-6(14(18,19)20)23-28(26,27)8-5-24(2)11(9(8)16)13(25)22-7-3-4-21-12(15)10(7)17/h3-6,23H,1-2H3,(H,21,22,25)/t6-/m1/s1. The summed E-state index contributed by atoms with van der Waals surface area (Å²) in [4.78, 5) is 15.3. The highest BCUT2D eigenvalue weighted by Crippen LogP contribution is 2.30. The minimum Gasteiger partial charge on any atom is -0.344 e. The summed E-state index contributed by atoms with van der Waals surface area (Å²) < 4.78 is 78.6. The summed E-state index contributed by atoms with van der Waals surface area (Å²) in [5, 5.41) is 1.58. The molecular weight excluding hydrogens is 496 g/mol. The number of anilines is 1. The Morgan fingerprint density at radius 3 is 2.57 bits per heavy atom. The number of carbonyl (C=O) groups excluding carboxylic acids is 1. The van der Waals surface area contributed by atoms with Crippen molar-refractivity contribution < 1.29 is 30.8 Å². The fraction of sp³-hybridized carbons (Fsp3) is 0.286. The smallest absolute Gasteiger partial charge is 0.344 e. The van der Waals surface area contributed by atoms with Crippen LogP contribution in [-0.4, -0.2) is 36.1 Å². The van der Waals surface area contributed by atoms with E-state index in [2.05, 4.69) is 26.2 Å². The minimum absolute atomic E-state index is 0.170. The molecular formula is C14H12BrClF4N4O3S. The van der Waals surface area contributed by atoms with Gasteiger partial charge >= 0.3 is 6.18 Å². The first-order valence-electron chi connectivity index (χ1n) is 7.31. The molecule has 0 unspecified atom stereocenters. The van der Waals surface area contributed by atoms with E-state index >= 15 is 0 Å². The van der Waals surface area contributed by atoms with Crippen molar-refractivity contribution in [3.05, 3.63) is 39.6 Å². The third kappa shape index (κ3) is 4.64. The van der Waals surface area contributed by atoms with Gasteiger partial charge in [0.05, 0.1) is 10.7 Å². The highest BCUT2D eigenvalue weighted by molar-refractivity contribution is 9.10. The number of carbonyl (C=O) groups is 1. The molecule has 2 aromatic rings. The van der Waals surface area contributed by atoms with Crippen molar-refractivity contribution in [2.75, 3.05) is 5.32 Å². The average Bonchev–Trinajstić information content (AvgIpc) is 2.86. The summed E-state index contributed by atoms with van der Waals surface area (Å²) in [7, 11) is -3.43. The summed E-state index contributed by atoms with van der Waals surface area (Å²) in [5.74, 6) is -1.86. The quantitative estimate of drug-likeness (QED) is 0.479. The summed E-state index contributed by atoms with van der Waals surface area (Å²) in [5.41, 5.74) is -0.661. The van der Waals surface area contributed by atoms with Gasteiger partial charge in [-0.15, -0.1) is 0 Å². The number of alkyl halides is 3. The van der Waals surface area contributed by atoms with E-state index in [1.54, 1.807) is 0 Å². The van der Waals surface area contributed by atoms with Crippen molar-refractivity contribution in [3.8, 4) is 0 Å². The number of amides is 1. The lowest BCUT2D eigenvalue weighted by atomic mass is 10.3. The lowest BCUT2D eigenvalue weighted by Gasteiger charge is -2.16. The Morgan fingerprint density at radius 2 is 2.00 bits per heavy atom. The molecule has 7 nitrogen and oxygen atoms in total. The third-order valence-corrected chi connectivity index (χ3v) is 6.11. The molecule has 0 spiro atoms. The molecule has 2 heterocycles. The molecule has 0 aliphatic carbocycles. The topological polar surface area (TPSA) is 93.1 Å². The molecule has 0 fully saturated rings. The largest absolute Gasteiger partial charge is 0.404 e. The second kappa shape index (κ2) is 7.97. The number of halogens is 6. The molecule has 2 aromatic heterocycles. The van der Waals surface area contributed by atoms with Gasteiger partial charge < -0.3 is 9.88 Å². The van der Waals surface area contributed by atoms with E-state index in [4.69, 9.17) is 11.6 Å². The molecule has 1 amide bonds. The van der Waals surface area contributed by atoms with Gasteiger partial charge in [-0.1, -0.05) is 11.6 Å². The van der Waals surface area contributed by atoms with E-state index in [-0.39, 0.29) is 10.3 Å². The number of rotatable bonds is 5. The third-order valence-electron chi connectivity index (χ3n) is 3.51. The first-order valence-corrected chi connectivity index (χ1v) is 9.96. The van der Waals surface area contributed by atoms with E-state index < -0.39 is 49.6 Å². The second-order valence-corrected chi connectivity index (χ2v) is 8.38. The maximum atomic E-state index is 14.0. The van der Waals surface area contributed by atoms with E-state index in [0.717, 1.165) is 16.8 Å². The zero-order chi connectivity index (χ0) is 21.4. The van der Waals surface area contributed by atoms with Gasteiger partial charge in [-0.3, -0.25) is 4.79 Å². The number of sulfonamides is 1. The lowest BCUT2D eigenvalue weighted by molar-refractivity contribution is -0.147. The Balaban J connectivity index is 2.38. The number of pyridine rings is 1. The minimum atomic E-state index is -4.82. The van der Waals surface area contributed by atoms with Crippen LogP contribution in [0.4, 0.5) is 23.2 Å². The van der Waals surface area contributed by atoms with Crippen molar-refractivity contribution in [2.24, 2.45) is 7.05 Å². The number of nitrogens with zero attached hydrogens (tertiary/aromatic N) is 2. The maximum absolute atomic E-state index is 14.0. The maximum Gasteiger partial charge on any atom is 0.404 e. The first kappa shape index (κ1) is 22.6. The van der Waals surface area contributed by atoms with Gasteiger partial charge in [-0.2, -0.15) is 17.9 Å². The van der Waals surface area contributed by atoms with Crippen LogP contribution >= 0.6 is 27.5 Å². The Morgan fingerprint density at radius 1 is 1.39 bits per heavy atom.